The summed E-state index contributed by atoms with van der Waals surface area (Å²) in [6, 6.07) is -4.35. The molecule has 0 unspecified atom stereocenters. The van der Waals surface area contributed by atoms with E-state index in [-0.39, 0.29) is 5.82 Å². The van der Waals surface area contributed by atoms with Crippen LogP contribution in [0.3, 0.4) is 0 Å². The molecule has 0 radical (unpaired) electrons. The molecule has 8 aliphatic heterocycles. The number of ether oxygens (including phenoxy) is 16. The van der Waals surface area contributed by atoms with Crippen molar-refractivity contribution in [1.82, 2.24) is 31.6 Å². The number of carbonyl (C=O) groups is 5. The minimum absolute atomic E-state index is 0.201. The van der Waals surface area contributed by atoms with Crippen molar-refractivity contribution in [3.05, 3.63) is 24.4 Å². The van der Waals surface area contributed by atoms with Crippen LogP contribution >= 0.6 is 0 Å². The maximum absolute atomic E-state index is 13.4. The number of nitrogens with one attached hydrogen (secondary N) is 6. The Morgan fingerprint density at radius 1 is 0.383 bits per heavy atom. The summed E-state index contributed by atoms with van der Waals surface area (Å²) >= 11 is 0. The molecular weight excluding hydrogens is 1630 g/mol. The molecule has 0 bridgehead atoms. The van der Waals surface area contributed by atoms with Gasteiger partial charge in [-0.1, -0.05) is 6.07 Å². The van der Waals surface area contributed by atoms with Crippen LogP contribution in [0.5, 0.6) is 0 Å². The van der Waals surface area contributed by atoms with Crippen molar-refractivity contribution >= 4 is 35.4 Å². The van der Waals surface area contributed by atoms with Gasteiger partial charge >= 0.3 is 0 Å². The standard InChI is InChI=1S/C69H113N7O44/c1-20-40(89)51(100)53(102)66(107-20)105-18-27(88)56(41(90)26(72-21(2)83)11-71-35-9-7-8-10-70-35)115-65-39(76-25(6)87)50(99)57(32(16-81)112-65)117-67-55(104)59(46(95)34(114-67)19-106-68-60(52(101)45(94)31(15-80)111-68)119-63-37(74-23(4)85)48(97)43(92)29(13-78)109-63)118-69-61(120-64-38(75-24(5)86)49(98)44(93)30(14-79)110-64)54(103)58(33(17-82)113-69)116-62-36(73-22(3)84)47(96)42(91)28(12-77)108-62/h7-10,20,26-34,36-69,77-82,88-104H,11-19H2,1-6H3,(H,70,71)(H,72,83)(H,73,84)(H,74,85)(H,75,86)(H,76,87)/t20-,26-,27+,28+,29+,30+,31+,32+,33+,34+,36+,37+,38+,39+,40+,41+,42+,43+,44+,45+,46+,47+,48+,49+,50+,51+,52-,53-,54-,55-,56+,57+,58+,59-,60-,61-,62-,63-,64-,65-,66+,67-,68-,69+/m0/s1. The average molecular weight is 1740 g/mol. The summed E-state index contributed by atoms with van der Waals surface area (Å²) in [4.78, 5) is 68.4. The fourth-order valence-corrected chi connectivity index (χ4v) is 15.0. The van der Waals surface area contributed by atoms with Gasteiger partial charge < -0.3 is 225 Å². The van der Waals surface area contributed by atoms with E-state index in [0.717, 1.165) is 34.6 Å². The van der Waals surface area contributed by atoms with Gasteiger partial charge in [-0.15, -0.1) is 0 Å². The SMILES string of the molecule is CC(=O)N[C@H]1[C@H](O[C@@H]([C@H](O)[C@H](CNc2ccccn2)NC(C)=O)[C@H](O)CO[C@@H]2O[C@@H](C)[C@@H](O)[C@@H](O)[C@@H]2O)O[C@H](CO)[C@@H](O[C@@H]2O[C@H](CO[C@H]3O[C@H](CO)[C@@H](O)[C@H](O)[C@@H]3O[C@@H]3O[C@H](CO)[C@@H](O)[C@H](O)[C@H]3NC(C)=O)[C@@H](O)[C@H](O[C@H]3O[C@H](CO)[C@@H](O[C@@H]4O[C@H](CO)[C@@H](O)[C@H](O)[C@H]4NC(C)=O)[C@H](O)[C@@H]3O[C@@H]3O[C@H](CO)[C@@H](O)[C@H](O)[C@H]3NC(C)=O)[C@@H]2O)[C@@H]1O. The third-order valence-electron chi connectivity index (χ3n) is 21.3. The zero-order valence-electron chi connectivity index (χ0n) is 65.4. The van der Waals surface area contributed by atoms with Gasteiger partial charge in [0.15, 0.2) is 50.3 Å². The van der Waals surface area contributed by atoms with Crippen LogP contribution in [-0.4, -0.2) is 481 Å². The quantitative estimate of drug-likeness (QED) is 0.0300. The van der Waals surface area contributed by atoms with Crippen LogP contribution in [0.4, 0.5) is 5.82 Å². The van der Waals surface area contributed by atoms with Crippen molar-refractivity contribution in [3.8, 4) is 0 Å². The van der Waals surface area contributed by atoms with Gasteiger partial charge in [0.05, 0.1) is 65.0 Å². The molecule has 9 rings (SSSR count). The first kappa shape index (κ1) is 98.5. The van der Waals surface area contributed by atoms with E-state index in [2.05, 4.69) is 36.9 Å². The molecule has 1 aromatic heterocycles. The third-order valence-corrected chi connectivity index (χ3v) is 21.3. The molecule has 5 amide bonds. The molecule has 0 aliphatic carbocycles. The smallest absolute Gasteiger partial charge is 0.217 e. The Morgan fingerprint density at radius 2 is 0.792 bits per heavy atom. The van der Waals surface area contributed by atoms with Crippen molar-refractivity contribution in [3.63, 3.8) is 0 Å². The van der Waals surface area contributed by atoms with Crippen LogP contribution in [0.25, 0.3) is 0 Å². The van der Waals surface area contributed by atoms with Crippen LogP contribution in [0, 0.1) is 0 Å². The highest BCUT2D eigenvalue weighted by Gasteiger charge is 2.61. The van der Waals surface area contributed by atoms with Gasteiger partial charge in [-0.25, -0.2) is 4.98 Å². The fourth-order valence-electron chi connectivity index (χ4n) is 15.0. The summed E-state index contributed by atoms with van der Waals surface area (Å²) in [7, 11) is 0. The lowest BCUT2D eigenvalue weighted by atomic mass is 9.94. The minimum atomic E-state index is -2.64. The number of aromatic nitrogens is 1. The lowest BCUT2D eigenvalue weighted by molar-refractivity contribution is -0.402. The first-order valence-electron chi connectivity index (χ1n) is 38.4. The van der Waals surface area contributed by atoms with Crippen LogP contribution in [-0.2, 0) is 99.8 Å². The van der Waals surface area contributed by atoms with Gasteiger partial charge in [0.2, 0.25) is 29.5 Å². The van der Waals surface area contributed by atoms with E-state index in [1.165, 1.54) is 19.2 Å². The summed E-state index contributed by atoms with van der Waals surface area (Å²) in [5.41, 5.74) is 0. The third kappa shape index (κ3) is 23.3. The Balaban J connectivity index is 1.11. The van der Waals surface area contributed by atoms with Gasteiger partial charge in [-0.2, -0.15) is 0 Å². The highest BCUT2D eigenvalue weighted by molar-refractivity contribution is 5.75. The molecule has 0 aromatic carbocycles. The Morgan fingerprint density at radius 3 is 1.25 bits per heavy atom. The maximum atomic E-state index is 13.4. The van der Waals surface area contributed by atoms with Crippen molar-refractivity contribution in [2.75, 3.05) is 64.7 Å². The van der Waals surface area contributed by atoms with Crippen LogP contribution < -0.4 is 31.9 Å². The van der Waals surface area contributed by atoms with Crippen molar-refractivity contribution < 1.29 is 217 Å². The molecule has 51 heteroatoms. The van der Waals surface area contributed by atoms with Crippen molar-refractivity contribution in [2.45, 2.75) is 311 Å². The second kappa shape index (κ2) is 44.3. The molecule has 51 nitrogen and oxygen atoms in total. The number of carbonyl (C=O) groups excluding carboxylic acids is 5. The summed E-state index contributed by atoms with van der Waals surface area (Å²) in [5.74, 6) is -4.22. The molecule has 0 saturated carbocycles. The van der Waals surface area contributed by atoms with Crippen molar-refractivity contribution in [1.29, 1.82) is 0 Å². The molecule has 688 valence electrons. The second-order valence-corrected chi connectivity index (χ2v) is 30.1. The lowest BCUT2D eigenvalue weighted by Gasteiger charge is -2.51. The highest BCUT2D eigenvalue weighted by Crippen LogP contribution is 2.40. The lowest BCUT2D eigenvalue weighted by Crippen LogP contribution is -2.71. The highest BCUT2D eigenvalue weighted by atomic mass is 16.8. The van der Waals surface area contributed by atoms with Gasteiger partial charge in [0.1, 0.15) is 213 Å². The molecule has 120 heavy (non-hydrogen) atoms. The van der Waals surface area contributed by atoms with E-state index >= 15 is 0 Å². The van der Waals surface area contributed by atoms with Crippen molar-refractivity contribution in [2.24, 2.45) is 0 Å². The normalized spacial score (nSPS) is 43.5. The molecule has 1 aromatic rings. The predicted octanol–water partition coefficient (Wildman–Crippen LogP) is -17.7. The van der Waals surface area contributed by atoms with Crippen LogP contribution in [0.2, 0.25) is 0 Å². The molecular formula is C69H113N7O44. The summed E-state index contributed by atoms with van der Waals surface area (Å²) in [6.07, 6.45) is -80.2. The summed E-state index contributed by atoms with van der Waals surface area (Å²) < 4.78 is 96.8. The number of hydrogen-bond donors (Lipinski definition) is 29. The zero-order chi connectivity index (χ0) is 88.3. The van der Waals surface area contributed by atoms with Crippen LogP contribution in [0.15, 0.2) is 24.4 Å². The van der Waals surface area contributed by atoms with Gasteiger partial charge in [0.25, 0.3) is 0 Å². The Labute approximate surface area is 682 Å². The monoisotopic (exact) mass is 1740 g/mol. The van der Waals surface area contributed by atoms with E-state index in [4.69, 9.17) is 75.8 Å². The fraction of sp³-hybridized carbons (Fsp3) is 0.855. The van der Waals surface area contributed by atoms with Gasteiger partial charge in [-0.05, 0) is 19.1 Å². The second-order valence-electron chi connectivity index (χ2n) is 30.1. The zero-order valence-corrected chi connectivity index (χ0v) is 65.4. The number of rotatable bonds is 35. The van der Waals surface area contributed by atoms with E-state index in [1.54, 1.807) is 12.1 Å². The Bertz CT molecular complexity index is 3370. The topological polar surface area (TPSA) is 783 Å². The molecule has 8 aliphatic rings. The number of anilines is 1. The van der Waals surface area contributed by atoms with E-state index in [0.29, 0.717) is 0 Å². The number of amides is 5. The maximum Gasteiger partial charge on any atom is 0.217 e. The summed E-state index contributed by atoms with van der Waals surface area (Å²) in [6.45, 7) is -3.17. The first-order chi connectivity index (χ1) is 56.8. The Kier molecular flexibility index (Phi) is 36.3. The Hall–Kier alpha value is -5.26. The number of nitrogens with zero attached hydrogens (tertiary/aromatic N) is 1. The number of aliphatic hydroxyl groups excluding tert-OH is 23. The predicted molar refractivity (Wildman–Crippen MR) is 381 cm³/mol. The minimum Gasteiger partial charge on any atom is -0.394 e. The van der Waals surface area contributed by atoms with E-state index in [9.17, 15) is 141 Å². The first-order valence-corrected chi connectivity index (χ1v) is 38.4. The summed E-state index contributed by atoms with van der Waals surface area (Å²) in [5, 5.41) is 276. The molecule has 0 spiro atoms. The van der Waals surface area contributed by atoms with E-state index < -0.39 is 359 Å². The van der Waals surface area contributed by atoms with Crippen LogP contribution in [0.1, 0.15) is 41.5 Å². The van der Waals surface area contributed by atoms with Gasteiger partial charge in [0, 0.05) is 47.4 Å². The molecule has 44 atom stereocenters. The molecule has 8 fully saturated rings. The molecule has 9 heterocycles. The largest absolute Gasteiger partial charge is 0.394 e. The molecule has 8 saturated heterocycles. The van der Waals surface area contributed by atoms with Gasteiger partial charge in [-0.3, -0.25) is 24.0 Å². The van der Waals surface area contributed by atoms with E-state index in [1.807, 2.05) is 0 Å². The average Bonchev–Trinajstić information content (AvgIpc) is 0.744. The number of aliphatic hydroxyl groups is 23. The molecule has 29 N–H and O–H groups in total. The number of hydrogen-bond acceptors (Lipinski definition) is 46. The number of pyridine rings is 1.